The van der Waals surface area contributed by atoms with Crippen LogP contribution in [0.4, 0.5) is 4.39 Å². The number of hydrogen-bond donors (Lipinski definition) is 0. The first-order valence-corrected chi connectivity index (χ1v) is 27.1. The molecule has 0 fully saturated rings. The number of nitrogens with zero attached hydrogens (tertiary/aromatic N) is 3. The van der Waals surface area contributed by atoms with E-state index in [0.717, 1.165) is 88.6 Å². The van der Waals surface area contributed by atoms with Crippen LogP contribution < -0.4 is 4.40 Å². The van der Waals surface area contributed by atoms with E-state index in [4.69, 9.17) is 9.40 Å². The van der Waals surface area contributed by atoms with Gasteiger partial charge in [0, 0.05) is 42.0 Å². The van der Waals surface area contributed by atoms with Gasteiger partial charge in [-0.05, 0) is 58.3 Å². The van der Waals surface area contributed by atoms with Gasteiger partial charge in [0.25, 0.3) is 0 Å². The van der Waals surface area contributed by atoms with Gasteiger partial charge in [-0.2, -0.15) is 0 Å². The van der Waals surface area contributed by atoms with Crippen LogP contribution in [0.5, 0.6) is 0 Å². The molecular weight excluding hydrogens is 978 g/mol. The molecule has 7 heteroatoms. The molecule has 0 unspecified atom stereocenters. The molecule has 8 aromatic carbocycles. The molecule has 0 spiro atoms. The van der Waals surface area contributed by atoms with Crippen LogP contribution in [0, 0.1) is 17.9 Å². The van der Waals surface area contributed by atoms with E-state index in [1.54, 1.807) is 6.07 Å². The summed E-state index contributed by atoms with van der Waals surface area (Å²) in [6.07, 6.45) is 2.04. The van der Waals surface area contributed by atoms with E-state index in [9.17, 15) is 4.39 Å². The molecule has 0 saturated heterocycles. The number of benzene rings is 8. The number of halogens is 1. The average Bonchev–Trinajstić information content (AvgIpc) is 3.85. The minimum Gasteiger partial charge on any atom is 0 e. The van der Waals surface area contributed by atoms with Crippen LogP contribution in [0.2, 0.25) is 17.3 Å². The molecule has 0 atom stereocenters. The molecule has 0 saturated carbocycles. The Morgan fingerprint density at radius 2 is 1.40 bits per heavy atom. The summed E-state index contributed by atoms with van der Waals surface area (Å²) in [6, 6.07) is 63.1. The van der Waals surface area contributed by atoms with E-state index < -0.39 is 13.3 Å². The van der Waals surface area contributed by atoms with Gasteiger partial charge in [0.05, 0.1) is 22.4 Å². The van der Waals surface area contributed by atoms with Crippen molar-refractivity contribution in [1.29, 1.82) is 0 Å². The van der Waals surface area contributed by atoms with Gasteiger partial charge >= 0.3 is 99.8 Å². The van der Waals surface area contributed by atoms with Crippen molar-refractivity contribution in [2.24, 2.45) is 0 Å². The maximum absolute atomic E-state index is 14.6. The fourth-order valence-electron chi connectivity index (χ4n) is 7.98. The molecule has 3 aromatic heterocycles. The SMILES string of the molecule is Fc1ccc(-c2ccc3oc4c(-c5nc6ccccc6n5-c5cccc6ccccc56)[c-]ccc4c3c2)c2ccccc12.[CH3][Ge]([CH3])([CH3])[c]1ccc(-c2[c-]cccc2)nc1.[Ir]. The number of rotatable bonds is 5. The molecule has 0 N–H and O–H groups in total. The van der Waals surface area contributed by atoms with Crippen LogP contribution in [0.25, 0.3) is 94.0 Å². The van der Waals surface area contributed by atoms with Crippen LogP contribution >= 0.6 is 0 Å². The van der Waals surface area contributed by atoms with E-state index in [0.29, 0.717) is 5.39 Å². The van der Waals surface area contributed by atoms with Gasteiger partial charge in [-0.1, -0.05) is 95.9 Å². The molecule has 293 valence electrons. The van der Waals surface area contributed by atoms with E-state index in [1.807, 2.05) is 103 Å². The number of imidazole rings is 1. The van der Waals surface area contributed by atoms with Crippen molar-refractivity contribution in [2.45, 2.75) is 17.3 Å². The average molecular weight is 1020 g/mol. The largest absolute Gasteiger partial charge is 0 e. The molecule has 0 bridgehead atoms. The number of hydrogen-bond acceptors (Lipinski definition) is 3. The summed E-state index contributed by atoms with van der Waals surface area (Å²) >= 11 is -1.72. The normalized spacial score (nSPS) is 11.5. The number of fused-ring (bicyclic) bond motifs is 6. The second-order valence-electron chi connectivity index (χ2n) is 15.8. The molecule has 11 aromatic rings. The standard InChI is InChI=1S/C39H22FN2O.C14H16GeN.Ir/c40-33-21-20-26(28-12-3-4-13-29(28)33)25-19-22-37-32(23-25)30-14-8-15-31(38(30)43-37)39-41-34-16-5-6-17-36(34)42(39)35-18-7-10-24-9-1-2-11-27(24)35;1-15(2,3)13-9-10-14(16-11-13)12-7-5-4-6-8-12;/h1-14,16-23H;4-7,9-11H,1-3H3;/q2*-1;. The van der Waals surface area contributed by atoms with Crippen LogP contribution in [0.1, 0.15) is 0 Å². The van der Waals surface area contributed by atoms with Crippen molar-refractivity contribution in [1.82, 2.24) is 14.5 Å². The minimum atomic E-state index is -1.72. The monoisotopic (exact) mass is 1020 g/mol. The summed E-state index contributed by atoms with van der Waals surface area (Å²) < 4.78 is 24.8. The number of pyridine rings is 1. The van der Waals surface area contributed by atoms with Crippen molar-refractivity contribution in [3.05, 3.63) is 194 Å². The van der Waals surface area contributed by atoms with Gasteiger partial charge in [-0.3, -0.25) is 4.98 Å². The molecule has 11 rings (SSSR count). The third kappa shape index (κ3) is 7.15. The van der Waals surface area contributed by atoms with E-state index >= 15 is 0 Å². The summed E-state index contributed by atoms with van der Waals surface area (Å²) in [4.78, 5) is 9.66. The molecule has 4 nitrogen and oxygen atoms in total. The van der Waals surface area contributed by atoms with Crippen molar-refractivity contribution < 1.29 is 28.9 Å². The molecule has 0 aliphatic rings. The Balaban J connectivity index is 0.000000230. The smallest absolute Gasteiger partial charge is 0 e. The Hall–Kier alpha value is -6.18. The van der Waals surface area contributed by atoms with Gasteiger partial charge in [0.15, 0.2) is 0 Å². The summed E-state index contributed by atoms with van der Waals surface area (Å²) in [5.74, 6) is 7.69. The predicted octanol–water partition coefficient (Wildman–Crippen LogP) is 13.6. The fourth-order valence-corrected chi connectivity index (χ4v) is 10.2. The molecule has 1 radical (unpaired) electrons. The fraction of sp³-hybridized carbons (Fsp3) is 0.0566. The van der Waals surface area contributed by atoms with E-state index in [-0.39, 0.29) is 25.9 Å². The van der Waals surface area contributed by atoms with Crippen LogP contribution in [-0.2, 0) is 20.1 Å². The molecule has 0 amide bonds. The van der Waals surface area contributed by atoms with Gasteiger partial charge in [-0.15, -0.1) is 18.2 Å². The number of para-hydroxylation sites is 2. The van der Waals surface area contributed by atoms with Crippen LogP contribution in [-0.4, -0.2) is 27.8 Å². The second kappa shape index (κ2) is 16.1. The van der Waals surface area contributed by atoms with E-state index in [2.05, 4.69) is 106 Å². The Bertz CT molecular complexity index is 3330. The van der Waals surface area contributed by atoms with Crippen LogP contribution in [0.15, 0.2) is 180 Å². The Labute approximate surface area is 364 Å². The Morgan fingerprint density at radius 3 is 2.20 bits per heavy atom. The summed E-state index contributed by atoms with van der Waals surface area (Å²) in [5.41, 5.74) is 9.33. The molecule has 60 heavy (non-hydrogen) atoms. The first-order chi connectivity index (χ1) is 28.8. The third-order valence-corrected chi connectivity index (χ3v) is 15.3. The third-order valence-electron chi connectivity index (χ3n) is 11.0. The van der Waals surface area contributed by atoms with Gasteiger partial charge in [0.1, 0.15) is 11.4 Å². The van der Waals surface area contributed by atoms with E-state index in [1.165, 1.54) is 4.40 Å². The van der Waals surface area contributed by atoms with Crippen molar-refractivity contribution >= 4 is 72.2 Å². The van der Waals surface area contributed by atoms with Gasteiger partial charge in [-0.25, -0.2) is 4.39 Å². The predicted molar refractivity (Wildman–Crippen MR) is 245 cm³/mol. The maximum Gasteiger partial charge on any atom is 0 e. The number of aromatic nitrogens is 3. The topological polar surface area (TPSA) is 43.9 Å². The molecule has 3 heterocycles. The summed E-state index contributed by atoms with van der Waals surface area (Å²) in [5, 5.41) is 5.77. The first kappa shape index (κ1) is 39.3. The van der Waals surface area contributed by atoms with Gasteiger partial charge < -0.3 is 8.98 Å². The van der Waals surface area contributed by atoms with Crippen LogP contribution in [0.3, 0.4) is 0 Å². The second-order valence-corrected chi connectivity index (χ2v) is 26.4. The first-order valence-electron chi connectivity index (χ1n) is 19.8. The summed E-state index contributed by atoms with van der Waals surface area (Å²) in [6.45, 7) is 0. The maximum atomic E-state index is 14.6. The van der Waals surface area contributed by atoms with Crippen molar-refractivity contribution in [2.75, 3.05) is 0 Å². The van der Waals surface area contributed by atoms with Crippen molar-refractivity contribution in [3.63, 3.8) is 0 Å². The minimum absolute atomic E-state index is 0. The Kier molecular flexibility index (Phi) is 10.6. The van der Waals surface area contributed by atoms with Crippen molar-refractivity contribution in [3.8, 4) is 39.5 Å². The zero-order valence-corrected chi connectivity index (χ0v) is 37.7. The quantitative estimate of drug-likeness (QED) is 0.127. The molecule has 0 aliphatic heterocycles. The Morgan fingerprint density at radius 1 is 0.633 bits per heavy atom. The molecule has 0 aliphatic carbocycles. The zero-order chi connectivity index (χ0) is 40.1. The van der Waals surface area contributed by atoms with Gasteiger partial charge in [0.2, 0.25) is 0 Å². The summed E-state index contributed by atoms with van der Waals surface area (Å²) in [7, 11) is 0. The zero-order valence-electron chi connectivity index (χ0n) is 33.2. The number of furan rings is 1. The molecular formula is C53H38FGeIrN3O-2.